The van der Waals surface area contributed by atoms with E-state index in [9.17, 15) is 0 Å². The van der Waals surface area contributed by atoms with E-state index in [-0.39, 0.29) is 0 Å². The second kappa shape index (κ2) is 5.80. The van der Waals surface area contributed by atoms with E-state index in [1.165, 1.54) is 16.4 Å². The van der Waals surface area contributed by atoms with Crippen LogP contribution < -0.4 is 10.1 Å². The first-order valence-electron chi connectivity index (χ1n) is 5.65. The van der Waals surface area contributed by atoms with Crippen LogP contribution in [0.2, 0.25) is 0 Å². The van der Waals surface area contributed by atoms with Crippen LogP contribution in [0.3, 0.4) is 0 Å². The van der Waals surface area contributed by atoms with Gasteiger partial charge >= 0.3 is 0 Å². The predicted octanol–water partition coefficient (Wildman–Crippen LogP) is 2.93. The molecule has 0 bridgehead atoms. The van der Waals surface area contributed by atoms with Crippen molar-refractivity contribution < 1.29 is 4.74 Å². The maximum absolute atomic E-state index is 5.34. The highest BCUT2D eigenvalue weighted by Gasteiger charge is 2.08. The maximum Gasteiger partial charge on any atom is 0.128 e. The van der Waals surface area contributed by atoms with E-state index < -0.39 is 0 Å². The van der Waals surface area contributed by atoms with E-state index in [0.717, 1.165) is 30.1 Å². The molecule has 3 nitrogen and oxygen atoms in total. The van der Waals surface area contributed by atoms with Crippen molar-refractivity contribution in [3.8, 4) is 17.0 Å². The number of hydrogen-bond donors (Lipinski definition) is 1. The molecule has 0 aliphatic heterocycles. The zero-order valence-electron chi connectivity index (χ0n) is 10.1. The van der Waals surface area contributed by atoms with Crippen LogP contribution in [-0.2, 0) is 6.54 Å². The molecular weight excluding hydrogens is 232 g/mol. The zero-order valence-corrected chi connectivity index (χ0v) is 10.9. The van der Waals surface area contributed by atoms with E-state index in [0.29, 0.717) is 0 Å². The molecule has 2 rings (SSSR count). The van der Waals surface area contributed by atoms with Gasteiger partial charge in [0.25, 0.3) is 0 Å². The van der Waals surface area contributed by atoms with Gasteiger partial charge in [-0.15, -0.1) is 0 Å². The van der Waals surface area contributed by atoms with Crippen LogP contribution >= 0.6 is 11.5 Å². The summed E-state index contributed by atoms with van der Waals surface area (Å²) in [6.45, 7) is 3.95. The molecule has 0 aliphatic rings. The number of para-hydroxylation sites is 1. The van der Waals surface area contributed by atoms with Gasteiger partial charge in [-0.05, 0) is 36.3 Å². The second-order valence-electron chi connectivity index (χ2n) is 3.66. The highest BCUT2D eigenvalue weighted by atomic mass is 32.1. The van der Waals surface area contributed by atoms with Crippen LogP contribution in [0, 0.1) is 0 Å². The molecule has 17 heavy (non-hydrogen) atoms. The molecule has 0 saturated carbocycles. The Morgan fingerprint density at radius 1 is 1.35 bits per heavy atom. The SMILES string of the molecule is CCNCc1cc(-c2ccccc2OC)ns1. The predicted molar refractivity (Wildman–Crippen MR) is 71.5 cm³/mol. The molecule has 0 spiro atoms. The molecule has 1 heterocycles. The van der Waals surface area contributed by atoms with Gasteiger partial charge in [0.05, 0.1) is 12.8 Å². The third-order valence-corrected chi connectivity index (χ3v) is 3.28. The average molecular weight is 248 g/mol. The summed E-state index contributed by atoms with van der Waals surface area (Å²) in [6.07, 6.45) is 0. The Kier molecular flexibility index (Phi) is 4.12. The lowest BCUT2D eigenvalue weighted by atomic mass is 10.1. The van der Waals surface area contributed by atoms with Crippen LogP contribution in [-0.4, -0.2) is 18.0 Å². The zero-order chi connectivity index (χ0) is 12.1. The summed E-state index contributed by atoms with van der Waals surface area (Å²) in [5.41, 5.74) is 2.04. The number of benzene rings is 1. The lowest BCUT2D eigenvalue weighted by molar-refractivity contribution is 0.416. The van der Waals surface area contributed by atoms with Crippen molar-refractivity contribution in [3.63, 3.8) is 0 Å². The first-order valence-corrected chi connectivity index (χ1v) is 6.42. The molecule has 0 atom stereocenters. The Hall–Kier alpha value is -1.39. The largest absolute Gasteiger partial charge is 0.496 e. The monoisotopic (exact) mass is 248 g/mol. The Morgan fingerprint density at radius 2 is 2.18 bits per heavy atom. The quantitative estimate of drug-likeness (QED) is 0.883. The number of methoxy groups -OCH3 is 1. The Labute approximate surface area is 106 Å². The van der Waals surface area contributed by atoms with E-state index in [4.69, 9.17) is 4.74 Å². The topological polar surface area (TPSA) is 34.1 Å². The summed E-state index contributed by atoms with van der Waals surface area (Å²) in [4.78, 5) is 1.24. The third-order valence-electron chi connectivity index (χ3n) is 2.49. The maximum atomic E-state index is 5.34. The molecule has 1 aromatic carbocycles. The minimum atomic E-state index is 0.868. The number of aromatic nitrogens is 1. The van der Waals surface area contributed by atoms with Crippen molar-refractivity contribution in [1.82, 2.24) is 9.69 Å². The van der Waals surface area contributed by atoms with E-state index in [2.05, 4.69) is 22.7 Å². The molecule has 1 N–H and O–H groups in total. The van der Waals surface area contributed by atoms with E-state index in [1.807, 2.05) is 24.3 Å². The van der Waals surface area contributed by atoms with Crippen LogP contribution in [0.15, 0.2) is 30.3 Å². The Morgan fingerprint density at radius 3 is 2.94 bits per heavy atom. The van der Waals surface area contributed by atoms with Gasteiger partial charge in [-0.25, -0.2) is 0 Å². The van der Waals surface area contributed by atoms with Gasteiger partial charge in [0.1, 0.15) is 5.75 Å². The molecule has 0 unspecified atom stereocenters. The number of ether oxygens (including phenoxy) is 1. The lowest BCUT2D eigenvalue weighted by Crippen LogP contribution is -2.10. The van der Waals surface area contributed by atoms with Gasteiger partial charge in [0.2, 0.25) is 0 Å². The smallest absolute Gasteiger partial charge is 0.128 e. The summed E-state index contributed by atoms with van der Waals surface area (Å²) in [5, 5.41) is 3.30. The van der Waals surface area contributed by atoms with Crippen LogP contribution in [0.25, 0.3) is 11.3 Å². The average Bonchev–Trinajstić information content (AvgIpc) is 2.85. The third kappa shape index (κ3) is 2.84. The molecule has 2 aromatic rings. The van der Waals surface area contributed by atoms with Crippen LogP contribution in [0.4, 0.5) is 0 Å². The Bertz CT molecular complexity index is 482. The fraction of sp³-hybridized carbons (Fsp3) is 0.308. The summed E-state index contributed by atoms with van der Waals surface area (Å²) in [5.74, 6) is 0.868. The van der Waals surface area contributed by atoms with Crippen LogP contribution in [0.5, 0.6) is 5.75 Å². The van der Waals surface area contributed by atoms with Gasteiger partial charge in [0, 0.05) is 17.0 Å². The molecule has 4 heteroatoms. The first-order chi connectivity index (χ1) is 8.35. The fourth-order valence-corrected chi connectivity index (χ4v) is 2.33. The number of rotatable bonds is 5. The van der Waals surface area contributed by atoms with Gasteiger partial charge < -0.3 is 10.1 Å². The Balaban J connectivity index is 2.24. The second-order valence-corrected chi connectivity index (χ2v) is 4.55. The molecule has 0 fully saturated rings. The van der Waals surface area contributed by atoms with Crippen molar-refractivity contribution in [1.29, 1.82) is 0 Å². The summed E-state index contributed by atoms with van der Waals surface area (Å²) in [7, 11) is 1.69. The highest BCUT2D eigenvalue weighted by Crippen LogP contribution is 2.30. The highest BCUT2D eigenvalue weighted by molar-refractivity contribution is 7.06. The minimum absolute atomic E-state index is 0.868. The fourth-order valence-electron chi connectivity index (χ4n) is 1.63. The molecule has 0 aliphatic carbocycles. The first kappa shape index (κ1) is 12.1. The van der Waals surface area contributed by atoms with Gasteiger partial charge in [-0.2, -0.15) is 4.37 Å². The summed E-state index contributed by atoms with van der Waals surface area (Å²) >= 11 is 1.54. The number of nitrogens with one attached hydrogen (secondary N) is 1. The van der Waals surface area contributed by atoms with Crippen molar-refractivity contribution in [2.75, 3.05) is 13.7 Å². The summed E-state index contributed by atoms with van der Waals surface area (Å²) < 4.78 is 9.81. The van der Waals surface area contributed by atoms with Crippen molar-refractivity contribution >= 4 is 11.5 Å². The molecule has 0 amide bonds. The van der Waals surface area contributed by atoms with Gasteiger partial charge in [-0.3, -0.25) is 0 Å². The molecule has 1 aromatic heterocycles. The van der Waals surface area contributed by atoms with E-state index in [1.54, 1.807) is 7.11 Å². The number of hydrogen-bond acceptors (Lipinski definition) is 4. The molecule has 0 radical (unpaired) electrons. The molecule has 0 saturated heterocycles. The van der Waals surface area contributed by atoms with Crippen molar-refractivity contribution in [2.24, 2.45) is 0 Å². The normalized spacial score (nSPS) is 10.5. The van der Waals surface area contributed by atoms with Gasteiger partial charge in [0.15, 0.2) is 0 Å². The standard InChI is InChI=1S/C13H16N2OS/c1-3-14-9-10-8-12(15-17-10)11-6-4-5-7-13(11)16-2/h4-8,14H,3,9H2,1-2H3. The minimum Gasteiger partial charge on any atom is -0.496 e. The molecule has 90 valence electrons. The summed E-state index contributed by atoms with van der Waals surface area (Å²) in [6, 6.07) is 10.1. The van der Waals surface area contributed by atoms with Crippen molar-refractivity contribution in [2.45, 2.75) is 13.5 Å². The van der Waals surface area contributed by atoms with Crippen molar-refractivity contribution in [3.05, 3.63) is 35.2 Å². The van der Waals surface area contributed by atoms with Crippen LogP contribution in [0.1, 0.15) is 11.8 Å². The molecular formula is C13H16N2OS. The van der Waals surface area contributed by atoms with Gasteiger partial charge in [-0.1, -0.05) is 19.1 Å². The lowest BCUT2D eigenvalue weighted by Gasteiger charge is -2.04. The van der Waals surface area contributed by atoms with E-state index >= 15 is 0 Å². The number of nitrogens with zero attached hydrogens (tertiary/aromatic N) is 1.